The third-order valence-electron chi connectivity index (χ3n) is 4.70. The second-order valence-corrected chi connectivity index (χ2v) is 6.29. The van der Waals surface area contributed by atoms with E-state index in [2.05, 4.69) is 29.6 Å². The van der Waals surface area contributed by atoms with E-state index in [-0.39, 0.29) is 6.10 Å². The maximum Gasteiger partial charge on any atom is 0.161 e. The monoisotopic (exact) mass is 345 g/mol. The largest absolute Gasteiger partial charge is 0.493 e. The summed E-state index contributed by atoms with van der Waals surface area (Å²) in [4.78, 5) is 0. The molecule has 1 N–H and O–H groups in total. The van der Waals surface area contributed by atoms with Gasteiger partial charge in [-0.2, -0.15) is 5.10 Å². The Labute approximate surface area is 149 Å². The summed E-state index contributed by atoms with van der Waals surface area (Å²) in [5.41, 5.74) is 2.35. The molecule has 136 valence electrons. The maximum atomic E-state index is 5.95. The van der Waals surface area contributed by atoms with Gasteiger partial charge in [-0.05, 0) is 31.0 Å². The molecule has 6 nitrogen and oxygen atoms in total. The van der Waals surface area contributed by atoms with Crippen molar-refractivity contribution in [3.05, 3.63) is 41.7 Å². The van der Waals surface area contributed by atoms with Crippen LogP contribution in [-0.2, 0) is 17.8 Å². The molecule has 2 aromatic rings. The van der Waals surface area contributed by atoms with Gasteiger partial charge in [0.1, 0.15) is 0 Å². The van der Waals surface area contributed by atoms with Crippen LogP contribution in [0, 0.1) is 5.92 Å². The lowest BCUT2D eigenvalue weighted by Gasteiger charge is -2.18. The van der Waals surface area contributed by atoms with E-state index >= 15 is 0 Å². The van der Waals surface area contributed by atoms with Gasteiger partial charge in [0.05, 0.1) is 26.5 Å². The van der Waals surface area contributed by atoms with Gasteiger partial charge < -0.3 is 19.5 Å². The Morgan fingerprint density at radius 3 is 2.84 bits per heavy atom. The second-order valence-electron chi connectivity index (χ2n) is 6.29. The summed E-state index contributed by atoms with van der Waals surface area (Å²) in [7, 11) is 3.31. The minimum absolute atomic E-state index is 0.137. The van der Waals surface area contributed by atoms with Gasteiger partial charge in [0.2, 0.25) is 0 Å². The van der Waals surface area contributed by atoms with Crippen molar-refractivity contribution in [2.24, 2.45) is 5.92 Å². The van der Waals surface area contributed by atoms with E-state index in [1.54, 1.807) is 14.2 Å². The minimum atomic E-state index is 0.137. The first kappa shape index (κ1) is 17.8. The van der Waals surface area contributed by atoms with Crippen molar-refractivity contribution < 1.29 is 14.2 Å². The molecule has 0 bridgehead atoms. The van der Waals surface area contributed by atoms with E-state index in [1.807, 2.05) is 23.0 Å². The lowest BCUT2D eigenvalue weighted by atomic mass is 9.97. The van der Waals surface area contributed by atoms with Crippen molar-refractivity contribution in [3.8, 4) is 11.5 Å². The molecule has 1 aliphatic rings. The summed E-state index contributed by atoms with van der Waals surface area (Å²) >= 11 is 0. The highest BCUT2D eigenvalue weighted by Gasteiger charge is 2.30. The molecule has 0 spiro atoms. The molecule has 0 radical (unpaired) electrons. The first-order chi connectivity index (χ1) is 12.2. The van der Waals surface area contributed by atoms with E-state index < -0.39 is 0 Å². The van der Waals surface area contributed by atoms with Crippen molar-refractivity contribution in [1.29, 1.82) is 0 Å². The Kier molecular flexibility index (Phi) is 5.94. The molecule has 3 rings (SSSR count). The first-order valence-corrected chi connectivity index (χ1v) is 8.80. The highest BCUT2D eigenvalue weighted by molar-refractivity contribution is 5.42. The van der Waals surface area contributed by atoms with Crippen LogP contribution < -0.4 is 14.8 Å². The molecule has 25 heavy (non-hydrogen) atoms. The molecule has 1 saturated heterocycles. The zero-order valence-electron chi connectivity index (χ0n) is 15.2. The van der Waals surface area contributed by atoms with Gasteiger partial charge in [0.15, 0.2) is 11.5 Å². The minimum Gasteiger partial charge on any atom is -0.493 e. The maximum absolute atomic E-state index is 5.95. The van der Waals surface area contributed by atoms with Crippen molar-refractivity contribution in [2.75, 3.05) is 27.4 Å². The van der Waals surface area contributed by atoms with Crippen LogP contribution in [0.15, 0.2) is 30.6 Å². The second kappa shape index (κ2) is 8.36. The van der Waals surface area contributed by atoms with Gasteiger partial charge in [-0.15, -0.1) is 0 Å². The first-order valence-electron chi connectivity index (χ1n) is 8.80. The molecule has 1 aromatic carbocycles. The Bertz CT molecular complexity index is 686. The zero-order valence-corrected chi connectivity index (χ0v) is 15.2. The number of ether oxygens (including phenoxy) is 3. The topological polar surface area (TPSA) is 57.5 Å². The Balaban J connectivity index is 1.56. The number of aryl methyl sites for hydroxylation is 1. The van der Waals surface area contributed by atoms with Gasteiger partial charge in [-0.25, -0.2) is 0 Å². The average Bonchev–Trinajstić information content (AvgIpc) is 3.30. The molecule has 0 aliphatic carbocycles. The zero-order chi connectivity index (χ0) is 17.6. The van der Waals surface area contributed by atoms with Gasteiger partial charge >= 0.3 is 0 Å². The van der Waals surface area contributed by atoms with E-state index in [0.717, 1.165) is 44.2 Å². The average molecular weight is 345 g/mol. The van der Waals surface area contributed by atoms with Crippen LogP contribution >= 0.6 is 0 Å². The van der Waals surface area contributed by atoms with Gasteiger partial charge in [-0.1, -0.05) is 6.07 Å². The van der Waals surface area contributed by atoms with Crippen LogP contribution in [0.3, 0.4) is 0 Å². The number of methoxy groups -OCH3 is 2. The lowest BCUT2D eigenvalue weighted by molar-refractivity contribution is 0.0904. The number of rotatable bonds is 8. The summed E-state index contributed by atoms with van der Waals surface area (Å²) in [6.45, 7) is 5.49. The third kappa shape index (κ3) is 4.14. The molecular formula is C19H27N3O3. The molecule has 2 atom stereocenters. The number of hydrogen-bond acceptors (Lipinski definition) is 5. The molecule has 1 aromatic heterocycles. The molecule has 1 fully saturated rings. The number of aromatic nitrogens is 2. The normalized spacial score (nSPS) is 20.0. The molecule has 0 unspecified atom stereocenters. The molecule has 1 aliphatic heterocycles. The molecule has 2 heterocycles. The third-order valence-corrected chi connectivity index (χ3v) is 4.70. The van der Waals surface area contributed by atoms with Crippen LogP contribution in [0.25, 0.3) is 0 Å². The van der Waals surface area contributed by atoms with E-state index in [0.29, 0.717) is 5.92 Å². The molecule has 0 amide bonds. The van der Waals surface area contributed by atoms with Crippen molar-refractivity contribution in [2.45, 2.75) is 32.5 Å². The quantitative estimate of drug-likeness (QED) is 0.797. The van der Waals surface area contributed by atoms with Crippen molar-refractivity contribution in [3.63, 3.8) is 0 Å². The molecular weight excluding hydrogens is 318 g/mol. The molecule has 6 heteroatoms. The standard InChI is InChI=1S/C19H27N3O3/c1-4-22-13-16(12-21-22)19-15(7-8-25-19)11-20-10-14-5-6-17(23-2)18(9-14)24-3/h5-6,9,12-13,15,19-20H,4,7-8,10-11H2,1-3H3/t15-,19-/m0/s1. The Morgan fingerprint density at radius 1 is 1.28 bits per heavy atom. The van der Waals surface area contributed by atoms with Gasteiger partial charge in [0.25, 0.3) is 0 Å². The van der Waals surface area contributed by atoms with Gasteiger partial charge in [0, 0.05) is 43.9 Å². The highest BCUT2D eigenvalue weighted by atomic mass is 16.5. The van der Waals surface area contributed by atoms with Crippen LogP contribution in [0.1, 0.15) is 30.6 Å². The SMILES string of the molecule is CCn1cc([C@H]2OCC[C@H]2CNCc2ccc(OC)c(OC)c2)cn1. The van der Waals surface area contributed by atoms with E-state index in [4.69, 9.17) is 14.2 Å². The molecule has 0 saturated carbocycles. The fourth-order valence-corrected chi connectivity index (χ4v) is 3.30. The number of benzene rings is 1. The fraction of sp³-hybridized carbons (Fsp3) is 0.526. The highest BCUT2D eigenvalue weighted by Crippen LogP contribution is 2.34. The number of nitrogens with zero attached hydrogens (tertiary/aromatic N) is 2. The van der Waals surface area contributed by atoms with Crippen LogP contribution in [0.2, 0.25) is 0 Å². The van der Waals surface area contributed by atoms with Gasteiger partial charge in [-0.3, -0.25) is 4.68 Å². The Hall–Kier alpha value is -2.05. The van der Waals surface area contributed by atoms with Crippen LogP contribution in [0.5, 0.6) is 11.5 Å². The Morgan fingerprint density at radius 2 is 2.12 bits per heavy atom. The van der Waals surface area contributed by atoms with Crippen LogP contribution in [-0.4, -0.2) is 37.2 Å². The summed E-state index contributed by atoms with van der Waals surface area (Å²) in [5.74, 6) is 1.98. The lowest BCUT2D eigenvalue weighted by Crippen LogP contribution is -2.24. The van der Waals surface area contributed by atoms with Crippen molar-refractivity contribution >= 4 is 0 Å². The van der Waals surface area contributed by atoms with E-state index in [1.165, 1.54) is 11.1 Å². The summed E-state index contributed by atoms with van der Waals surface area (Å²) in [6, 6.07) is 6.01. The number of hydrogen-bond donors (Lipinski definition) is 1. The summed E-state index contributed by atoms with van der Waals surface area (Å²) in [6.07, 6.45) is 5.23. The van der Waals surface area contributed by atoms with Crippen molar-refractivity contribution in [1.82, 2.24) is 15.1 Å². The predicted molar refractivity (Wildman–Crippen MR) is 96.0 cm³/mol. The summed E-state index contributed by atoms with van der Waals surface area (Å²) in [5, 5.41) is 7.92. The smallest absolute Gasteiger partial charge is 0.161 e. The van der Waals surface area contributed by atoms with Crippen LogP contribution in [0.4, 0.5) is 0 Å². The number of nitrogens with one attached hydrogen (secondary N) is 1. The summed E-state index contributed by atoms with van der Waals surface area (Å²) < 4.78 is 18.5. The van der Waals surface area contributed by atoms with E-state index in [9.17, 15) is 0 Å². The predicted octanol–water partition coefficient (Wildman–Crippen LogP) is 2.79. The fourth-order valence-electron chi connectivity index (χ4n) is 3.30.